The SMILES string of the molecule is CCCc1c(C)cccc1C=C(C)c1cc2c(c(-c3ccc(C)cc3)c1)C=C(CC)CCC2. The predicted octanol–water partition coefficient (Wildman–Crippen LogP) is 9.61. The van der Waals surface area contributed by atoms with Crippen LogP contribution in [0, 0.1) is 13.8 Å². The Bertz CT molecular complexity index is 1190. The first-order valence-electron chi connectivity index (χ1n) is 12.7. The number of allylic oxidation sites excluding steroid dienone is 2. The molecule has 0 saturated carbocycles. The average molecular weight is 435 g/mol. The van der Waals surface area contributed by atoms with E-state index in [-0.39, 0.29) is 0 Å². The molecule has 0 heteroatoms. The Balaban J connectivity index is 1.87. The van der Waals surface area contributed by atoms with Crippen LogP contribution in [0.3, 0.4) is 0 Å². The molecule has 0 spiro atoms. The van der Waals surface area contributed by atoms with Gasteiger partial charge in [0.05, 0.1) is 0 Å². The third-order valence-electron chi connectivity index (χ3n) is 7.15. The first-order valence-corrected chi connectivity index (χ1v) is 12.7. The van der Waals surface area contributed by atoms with Crippen LogP contribution < -0.4 is 0 Å². The van der Waals surface area contributed by atoms with Crippen molar-refractivity contribution in [3.63, 3.8) is 0 Å². The summed E-state index contributed by atoms with van der Waals surface area (Å²) in [6.45, 7) is 11.2. The van der Waals surface area contributed by atoms with Crippen LogP contribution in [0.4, 0.5) is 0 Å². The zero-order chi connectivity index (χ0) is 23.4. The molecule has 0 radical (unpaired) electrons. The highest BCUT2D eigenvalue weighted by atomic mass is 14.2. The Hall–Kier alpha value is -2.86. The fraction of sp³-hybridized carbons (Fsp3) is 0.333. The first-order chi connectivity index (χ1) is 16.0. The largest absolute Gasteiger partial charge is 0.0699 e. The zero-order valence-electron chi connectivity index (χ0n) is 21.1. The van der Waals surface area contributed by atoms with Gasteiger partial charge in [0.2, 0.25) is 0 Å². The van der Waals surface area contributed by atoms with Crippen LogP contribution in [0.15, 0.2) is 60.2 Å². The van der Waals surface area contributed by atoms with Crippen molar-refractivity contribution >= 4 is 17.7 Å². The number of rotatable bonds is 6. The molecule has 0 aromatic heterocycles. The van der Waals surface area contributed by atoms with Crippen LogP contribution >= 0.6 is 0 Å². The summed E-state index contributed by atoms with van der Waals surface area (Å²) in [6, 6.07) is 20.7. The van der Waals surface area contributed by atoms with Gasteiger partial charge < -0.3 is 0 Å². The topological polar surface area (TPSA) is 0 Å². The molecule has 3 aromatic rings. The van der Waals surface area contributed by atoms with Gasteiger partial charge in [0.25, 0.3) is 0 Å². The molecule has 0 saturated heterocycles. The van der Waals surface area contributed by atoms with Crippen LogP contribution in [0.25, 0.3) is 28.9 Å². The second-order valence-corrected chi connectivity index (χ2v) is 9.69. The number of hydrogen-bond acceptors (Lipinski definition) is 0. The average Bonchev–Trinajstić information content (AvgIpc) is 3.03. The van der Waals surface area contributed by atoms with Gasteiger partial charge in [-0.2, -0.15) is 0 Å². The van der Waals surface area contributed by atoms with E-state index in [1.165, 1.54) is 74.9 Å². The molecule has 4 rings (SSSR count). The number of hydrogen-bond donors (Lipinski definition) is 0. The van der Waals surface area contributed by atoms with Gasteiger partial charge in [-0.15, -0.1) is 0 Å². The molecule has 0 amide bonds. The van der Waals surface area contributed by atoms with Crippen molar-refractivity contribution in [2.24, 2.45) is 0 Å². The van der Waals surface area contributed by atoms with Gasteiger partial charge in [0, 0.05) is 0 Å². The summed E-state index contributed by atoms with van der Waals surface area (Å²) in [5.74, 6) is 0. The molecule has 0 N–H and O–H groups in total. The van der Waals surface area contributed by atoms with Gasteiger partial charge in [-0.3, -0.25) is 0 Å². The van der Waals surface area contributed by atoms with Crippen molar-refractivity contribution in [3.05, 3.63) is 99.1 Å². The first kappa shape index (κ1) is 23.3. The van der Waals surface area contributed by atoms with Crippen molar-refractivity contribution in [3.8, 4) is 11.1 Å². The molecular formula is C33H38. The monoisotopic (exact) mass is 434 g/mol. The molecule has 0 aliphatic heterocycles. The van der Waals surface area contributed by atoms with Crippen molar-refractivity contribution in [2.75, 3.05) is 0 Å². The molecule has 33 heavy (non-hydrogen) atoms. The van der Waals surface area contributed by atoms with E-state index in [0.717, 1.165) is 19.3 Å². The predicted molar refractivity (Wildman–Crippen MR) is 147 cm³/mol. The van der Waals surface area contributed by atoms with Gasteiger partial charge in [0.1, 0.15) is 0 Å². The number of benzene rings is 3. The van der Waals surface area contributed by atoms with E-state index in [4.69, 9.17) is 0 Å². The molecule has 0 nitrogen and oxygen atoms in total. The molecule has 1 aliphatic carbocycles. The maximum Gasteiger partial charge on any atom is -0.0103 e. The van der Waals surface area contributed by atoms with E-state index in [9.17, 15) is 0 Å². The number of fused-ring (bicyclic) bond motifs is 1. The van der Waals surface area contributed by atoms with Crippen molar-refractivity contribution in [1.29, 1.82) is 0 Å². The lowest BCUT2D eigenvalue weighted by Gasteiger charge is -2.16. The van der Waals surface area contributed by atoms with Crippen LogP contribution in [0.1, 0.15) is 85.4 Å². The lowest BCUT2D eigenvalue weighted by atomic mass is 9.88. The van der Waals surface area contributed by atoms with Crippen molar-refractivity contribution < 1.29 is 0 Å². The van der Waals surface area contributed by atoms with E-state index in [0.29, 0.717) is 0 Å². The quantitative estimate of drug-likeness (QED) is 0.339. The summed E-state index contributed by atoms with van der Waals surface area (Å²) in [5.41, 5.74) is 15.5. The van der Waals surface area contributed by atoms with Crippen LogP contribution in [-0.4, -0.2) is 0 Å². The van der Waals surface area contributed by atoms with Gasteiger partial charge in [-0.1, -0.05) is 92.1 Å². The summed E-state index contributed by atoms with van der Waals surface area (Å²) in [5, 5.41) is 0. The van der Waals surface area contributed by atoms with Gasteiger partial charge in [-0.05, 0) is 109 Å². The summed E-state index contributed by atoms with van der Waals surface area (Å²) < 4.78 is 0. The third-order valence-corrected chi connectivity index (χ3v) is 7.15. The maximum absolute atomic E-state index is 2.49. The van der Waals surface area contributed by atoms with Gasteiger partial charge in [0.15, 0.2) is 0 Å². The van der Waals surface area contributed by atoms with E-state index in [1.807, 2.05) is 0 Å². The van der Waals surface area contributed by atoms with Crippen LogP contribution in [-0.2, 0) is 12.8 Å². The second kappa shape index (κ2) is 10.4. The Morgan fingerprint density at radius 3 is 2.45 bits per heavy atom. The molecule has 0 fully saturated rings. The highest BCUT2D eigenvalue weighted by Gasteiger charge is 2.16. The summed E-state index contributed by atoms with van der Waals surface area (Å²) >= 11 is 0. The fourth-order valence-electron chi connectivity index (χ4n) is 5.12. The Morgan fingerprint density at radius 1 is 0.939 bits per heavy atom. The summed E-state index contributed by atoms with van der Waals surface area (Å²) in [6.07, 6.45) is 11.9. The third kappa shape index (κ3) is 5.22. The Morgan fingerprint density at radius 2 is 1.73 bits per heavy atom. The summed E-state index contributed by atoms with van der Waals surface area (Å²) in [4.78, 5) is 0. The Labute approximate surface area is 201 Å². The molecular weight excluding hydrogens is 396 g/mol. The molecule has 1 aliphatic rings. The lowest BCUT2D eigenvalue weighted by Crippen LogP contribution is -1.96. The molecule has 0 bridgehead atoms. The molecule has 170 valence electrons. The highest BCUT2D eigenvalue weighted by molar-refractivity contribution is 5.87. The summed E-state index contributed by atoms with van der Waals surface area (Å²) in [7, 11) is 0. The van der Waals surface area contributed by atoms with Gasteiger partial charge >= 0.3 is 0 Å². The maximum atomic E-state index is 2.49. The van der Waals surface area contributed by atoms with E-state index in [1.54, 1.807) is 5.57 Å². The second-order valence-electron chi connectivity index (χ2n) is 9.69. The van der Waals surface area contributed by atoms with Crippen LogP contribution in [0.2, 0.25) is 0 Å². The smallest absolute Gasteiger partial charge is 0.0103 e. The van der Waals surface area contributed by atoms with Crippen molar-refractivity contribution in [1.82, 2.24) is 0 Å². The number of aryl methyl sites for hydroxylation is 3. The zero-order valence-corrected chi connectivity index (χ0v) is 21.1. The normalized spacial score (nSPS) is 14.0. The fourth-order valence-corrected chi connectivity index (χ4v) is 5.12. The minimum absolute atomic E-state index is 1.13. The van der Waals surface area contributed by atoms with Crippen molar-refractivity contribution in [2.45, 2.75) is 73.1 Å². The van der Waals surface area contributed by atoms with Gasteiger partial charge in [-0.25, -0.2) is 0 Å². The molecule has 0 unspecified atom stereocenters. The standard InChI is InChI=1S/C33H38/c1-6-10-31-24(4)11-8-13-28(31)19-25(5)30-21-29-14-9-12-26(7-2)20-32(29)33(22-30)27-17-15-23(3)16-18-27/h8,11,13,15-22H,6-7,9-10,12,14H2,1-5H3. The Kier molecular flexibility index (Phi) is 7.33. The minimum Gasteiger partial charge on any atom is -0.0699 e. The van der Waals surface area contributed by atoms with E-state index < -0.39 is 0 Å². The minimum atomic E-state index is 1.13. The lowest BCUT2D eigenvalue weighted by molar-refractivity contribution is 0.800. The van der Waals surface area contributed by atoms with E-state index in [2.05, 4.69) is 101 Å². The highest BCUT2D eigenvalue weighted by Crippen LogP contribution is 2.36. The molecule has 0 heterocycles. The van der Waals surface area contributed by atoms with Crippen LogP contribution in [0.5, 0.6) is 0 Å². The molecule has 0 atom stereocenters. The van der Waals surface area contributed by atoms with E-state index >= 15 is 0 Å². The molecule has 3 aromatic carbocycles.